The van der Waals surface area contributed by atoms with E-state index in [4.69, 9.17) is 4.74 Å². The van der Waals surface area contributed by atoms with Gasteiger partial charge in [-0.3, -0.25) is 4.79 Å². The van der Waals surface area contributed by atoms with Gasteiger partial charge < -0.3 is 10.1 Å². The van der Waals surface area contributed by atoms with E-state index in [9.17, 15) is 10.1 Å². The van der Waals surface area contributed by atoms with Gasteiger partial charge in [0.2, 0.25) is 5.91 Å². The first kappa shape index (κ1) is 16.1. The van der Waals surface area contributed by atoms with Gasteiger partial charge in [0.25, 0.3) is 0 Å². The van der Waals surface area contributed by atoms with E-state index in [2.05, 4.69) is 11.4 Å². The second-order valence-electron chi connectivity index (χ2n) is 5.58. The molecule has 0 aromatic heterocycles. The lowest BCUT2D eigenvalue weighted by Gasteiger charge is -2.31. The molecule has 0 bridgehead atoms. The van der Waals surface area contributed by atoms with Gasteiger partial charge in [-0.1, -0.05) is 31.4 Å². The SMILES string of the molecule is CCOc1ccc(/C=C/C(=O)NC2(C#N)CCCCC2)cc1. The van der Waals surface area contributed by atoms with Gasteiger partial charge in [-0.15, -0.1) is 0 Å². The van der Waals surface area contributed by atoms with Crippen molar-refractivity contribution in [1.29, 1.82) is 5.26 Å². The minimum atomic E-state index is -0.682. The van der Waals surface area contributed by atoms with Crippen LogP contribution in [0.4, 0.5) is 0 Å². The third-order valence-corrected chi connectivity index (χ3v) is 3.90. The molecule has 0 radical (unpaired) electrons. The van der Waals surface area contributed by atoms with Gasteiger partial charge in [0, 0.05) is 6.08 Å². The van der Waals surface area contributed by atoms with Crippen molar-refractivity contribution in [2.75, 3.05) is 6.61 Å². The summed E-state index contributed by atoms with van der Waals surface area (Å²) in [7, 11) is 0. The number of rotatable bonds is 5. The zero-order valence-electron chi connectivity index (χ0n) is 13.0. The number of benzene rings is 1. The van der Waals surface area contributed by atoms with Gasteiger partial charge >= 0.3 is 0 Å². The zero-order valence-corrected chi connectivity index (χ0v) is 13.0. The summed E-state index contributed by atoms with van der Waals surface area (Å²) in [5, 5.41) is 12.2. The van der Waals surface area contributed by atoms with Crippen molar-refractivity contribution in [3.63, 3.8) is 0 Å². The standard InChI is InChI=1S/C18H22N2O2/c1-2-22-16-9-6-15(7-10-16)8-11-17(21)20-18(14-19)12-4-3-5-13-18/h6-11H,2-5,12-13H2,1H3,(H,20,21)/b11-8+. The lowest BCUT2D eigenvalue weighted by molar-refractivity contribution is -0.118. The van der Waals surface area contributed by atoms with Gasteiger partial charge in [0.1, 0.15) is 11.3 Å². The molecule has 116 valence electrons. The molecule has 1 fully saturated rings. The number of amides is 1. The predicted molar refractivity (Wildman–Crippen MR) is 86.2 cm³/mol. The maximum Gasteiger partial charge on any atom is 0.245 e. The van der Waals surface area contributed by atoms with Crippen molar-refractivity contribution in [1.82, 2.24) is 5.32 Å². The molecule has 1 aliphatic carbocycles. The average molecular weight is 298 g/mol. The lowest BCUT2D eigenvalue weighted by atomic mass is 9.83. The molecule has 2 rings (SSSR count). The Bertz CT molecular complexity index is 564. The second-order valence-corrected chi connectivity index (χ2v) is 5.58. The van der Waals surface area contributed by atoms with Crippen LogP contribution >= 0.6 is 0 Å². The van der Waals surface area contributed by atoms with E-state index < -0.39 is 5.54 Å². The van der Waals surface area contributed by atoms with Gasteiger partial charge in [0.05, 0.1) is 12.7 Å². The Morgan fingerprint density at radius 2 is 2.00 bits per heavy atom. The first-order valence-electron chi connectivity index (χ1n) is 7.82. The van der Waals surface area contributed by atoms with Gasteiger partial charge in [-0.25, -0.2) is 0 Å². The topological polar surface area (TPSA) is 62.1 Å². The maximum absolute atomic E-state index is 12.0. The van der Waals surface area contributed by atoms with E-state index in [1.165, 1.54) is 6.08 Å². The van der Waals surface area contributed by atoms with E-state index in [0.717, 1.165) is 43.4 Å². The summed E-state index contributed by atoms with van der Waals surface area (Å²) in [6.45, 7) is 2.57. The zero-order chi connectivity index (χ0) is 15.8. The fraction of sp³-hybridized carbons (Fsp3) is 0.444. The minimum absolute atomic E-state index is 0.211. The molecule has 0 saturated heterocycles. The molecule has 1 aromatic carbocycles. The van der Waals surface area contributed by atoms with Crippen molar-refractivity contribution in [3.8, 4) is 11.8 Å². The van der Waals surface area contributed by atoms with Gasteiger partial charge in [0.15, 0.2) is 0 Å². The highest BCUT2D eigenvalue weighted by atomic mass is 16.5. The first-order valence-corrected chi connectivity index (χ1v) is 7.82. The normalized spacial score (nSPS) is 16.9. The largest absolute Gasteiger partial charge is 0.494 e. The monoisotopic (exact) mass is 298 g/mol. The van der Waals surface area contributed by atoms with Crippen LogP contribution in [0.1, 0.15) is 44.6 Å². The minimum Gasteiger partial charge on any atom is -0.494 e. The van der Waals surface area contributed by atoms with E-state index in [1.807, 2.05) is 31.2 Å². The van der Waals surface area contributed by atoms with Gasteiger partial charge in [-0.2, -0.15) is 5.26 Å². The summed E-state index contributed by atoms with van der Waals surface area (Å²) < 4.78 is 5.38. The number of nitrogens with zero attached hydrogens (tertiary/aromatic N) is 1. The summed E-state index contributed by atoms with van der Waals surface area (Å²) in [6.07, 6.45) is 7.86. The number of carbonyl (C=O) groups is 1. The summed E-state index contributed by atoms with van der Waals surface area (Å²) in [5.74, 6) is 0.604. The predicted octanol–water partition coefficient (Wildman–Crippen LogP) is 3.44. The van der Waals surface area contributed by atoms with Crippen LogP contribution in [0.15, 0.2) is 30.3 Å². The van der Waals surface area contributed by atoms with Gasteiger partial charge in [-0.05, 0) is 43.5 Å². The lowest BCUT2D eigenvalue weighted by Crippen LogP contribution is -2.48. The smallest absolute Gasteiger partial charge is 0.245 e. The Hall–Kier alpha value is -2.28. The Balaban J connectivity index is 1.94. The second kappa shape index (κ2) is 7.65. The molecule has 0 spiro atoms. The van der Waals surface area contributed by atoms with Crippen LogP contribution in [0.3, 0.4) is 0 Å². The quantitative estimate of drug-likeness (QED) is 0.847. The van der Waals surface area contributed by atoms with Crippen LogP contribution in [0.2, 0.25) is 0 Å². The molecule has 1 aliphatic rings. The molecule has 1 aromatic rings. The fourth-order valence-corrected chi connectivity index (χ4v) is 2.71. The molecule has 0 aliphatic heterocycles. The third kappa shape index (κ3) is 4.36. The Labute approximate surface area is 131 Å². The first-order chi connectivity index (χ1) is 10.7. The Morgan fingerprint density at radius 3 is 2.59 bits per heavy atom. The molecule has 1 amide bonds. The van der Waals surface area contributed by atoms with E-state index in [0.29, 0.717) is 6.61 Å². The van der Waals surface area contributed by atoms with Crippen molar-refractivity contribution in [2.45, 2.75) is 44.6 Å². The van der Waals surface area contributed by atoms with Crippen LogP contribution in [0.5, 0.6) is 5.75 Å². The molecule has 1 saturated carbocycles. The summed E-state index contributed by atoms with van der Waals surface area (Å²) in [5.41, 5.74) is 0.242. The Morgan fingerprint density at radius 1 is 1.32 bits per heavy atom. The van der Waals surface area contributed by atoms with Crippen molar-refractivity contribution in [2.24, 2.45) is 0 Å². The number of ether oxygens (including phenoxy) is 1. The molecule has 0 heterocycles. The third-order valence-electron chi connectivity index (χ3n) is 3.90. The highest BCUT2D eigenvalue weighted by Crippen LogP contribution is 2.27. The molecule has 22 heavy (non-hydrogen) atoms. The molecular weight excluding hydrogens is 276 g/mol. The molecule has 1 N–H and O–H groups in total. The van der Waals surface area contributed by atoms with Crippen molar-refractivity contribution in [3.05, 3.63) is 35.9 Å². The molecule has 4 nitrogen and oxygen atoms in total. The number of nitrogens with one attached hydrogen (secondary N) is 1. The van der Waals surface area contributed by atoms with Crippen LogP contribution in [0, 0.1) is 11.3 Å². The molecule has 4 heteroatoms. The van der Waals surface area contributed by atoms with E-state index >= 15 is 0 Å². The fourth-order valence-electron chi connectivity index (χ4n) is 2.71. The molecule has 0 unspecified atom stereocenters. The van der Waals surface area contributed by atoms with Crippen LogP contribution < -0.4 is 10.1 Å². The highest BCUT2D eigenvalue weighted by Gasteiger charge is 2.32. The van der Waals surface area contributed by atoms with E-state index in [-0.39, 0.29) is 5.91 Å². The van der Waals surface area contributed by atoms with Crippen molar-refractivity contribution < 1.29 is 9.53 Å². The van der Waals surface area contributed by atoms with E-state index in [1.54, 1.807) is 6.08 Å². The summed E-state index contributed by atoms with van der Waals surface area (Å²) >= 11 is 0. The van der Waals surface area contributed by atoms with Crippen molar-refractivity contribution >= 4 is 12.0 Å². The highest BCUT2D eigenvalue weighted by molar-refractivity contribution is 5.92. The number of hydrogen-bond acceptors (Lipinski definition) is 3. The van der Waals surface area contributed by atoms with Crippen LogP contribution in [-0.2, 0) is 4.79 Å². The number of carbonyl (C=O) groups excluding carboxylic acids is 1. The molecule has 0 atom stereocenters. The Kier molecular flexibility index (Phi) is 5.60. The van der Waals surface area contributed by atoms with Crippen LogP contribution in [-0.4, -0.2) is 18.1 Å². The van der Waals surface area contributed by atoms with Crippen LogP contribution in [0.25, 0.3) is 6.08 Å². The maximum atomic E-state index is 12.0. The molecular formula is C18H22N2O2. The summed E-state index contributed by atoms with van der Waals surface area (Å²) in [6, 6.07) is 9.83. The average Bonchev–Trinajstić information content (AvgIpc) is 2.55. The number of nitriles is 1. The number of hydrogen-bond donors (Lipinski definition) is 1. The summed E-state index contributed by atoms with van der Waals surface area (Å²) in [4.78, 5) is 12.0.